The Balaban J connectivity index is 2.93. The van der Waals surface area contributed by atoms with Crippen LogP contribution in [0.1, 0.15) is 38.7 Å². The Hall–Kier alpha value is -1.20. The third kappa shape index (κ3) is 4.58. The molecule has 1 aromatic rings. The first-order chi connectivity index (χ1) is 8.71. The van der Waals surface area contributed by atoms with Crippen LogP contribution in [0.25, 0.3) is 0 Å². The van der Waals surface area contributed by atoms with Crippen molar-refractivity contribution < 1.29 is 9.13 Å². The van der Waals surface area contributed by atoms with E-state index >= 15 is 0 Å². The van der Waals surface area contributed by atoms with Crippen LogP contribution >= 0.6 is 11.6 Å². The van der Waals surface area contributed by atoms with E-state index in [-0.39, 0.29) is 11.9 Å². The maximum Gasteiger partial charge on any atom is 0.138 e. The quantitative estimate of drug-likeness (QED) is 0.569. The Morgan fingerprint density at radius 3 is 2.67 bits per heavy atom. The van der Waals surface area contributed by atoms with E-state index < -0.39 is 0 Å². The first-order valence-electron chi connectivity index (χ1n) is 6.22. The maximum atomic E-state index is 13.2. The van der Waals surface area contributed by atoms with Gasteiger partial charge < -0.3 is 4.74 Å². The van der Waals surface area contributed by atoms with Crippen molar-refractivity contribution in [3.05, 3.63) is 29.6 Å². The first-order valence-corrected chi connectivity index (χ1v) is 6.75. The Bertz CT molecular complexity index is 430. The second-order valence-electron chi connectivity index (χ2n) is 3.94. The number of benzene rings is 1. The van der Waals surface area contributed by atoms with Crippen LogP contribution in [0.15, 0.2) is 18.2 Å². The molecule has 0 aliphatic carbocycles. The van der Waals surface area contributed by atoms with Crippen LogP contribution in [-0.2, 0) is 0 Å². The van der Waals surface area contributed by atoms with Gasteiger partial charge in [-0.1, -0.05) is 25.7 Å². The van der Waals surface area contributed by atoms with E-state index in [1.807, 2.05) is 13.8 Å². The fourth-order valence-corrected chi connectivity index (χ4v) is 1.63. The minimum absolute atomic E-state index is 0.0976. The largest absolute Gasteiger partial charge is 0.489 e. The predicted octanol–water partition coefficient (Wildman–Crippen LogP) is 4.37. The molecule has 98 valence electrons. The van der Waals surface area contributed by atoms with Crippen molar-refractivity contribution in [2.45, 2.75) is 39.2 Å². The molecule has 1 rings (SSSR count). The molecule has 0 aromatic heterocycles. The van der Waals surface area contributed by atoms with Gasteiger partial charge in [0.2, 0.25) is 0 Å². The number of halogens is 2. The molecule has 3 heteroatoms. The summed E-state index contributed by atoms with van der Waals surface area (Å²) in [5.41, 5.74) is 0.716. The summed E-state index contributed by atoms with van der Waals surface area (Å²) in [6.07, 6.45) is 2.49. The molecular weight excluding hydrogens is 251 g/mol. The number of alkyl halides is 1. The molecule has 0 N–H and O–H groups in total. The molecular formula is C15H18ClFO. The molecule has 0 radical (unpaired) electrons. The van der Waals surface area contributed by atoms with Gasteiger partial charge in [0.1, 0.15) is 11.6 Å². The lowest BCUT2D eigenvalue weighted by Gasteiger charge is -2.16. The van der Waals surface area contributed by atoms with Crippen molar-refractivity contribution in [3.8, 4) is 17.6 Å². The summed E-state index contributed by atoms with van der Waals surface area (Å²) in [5, 5.41) is 0. The fraction of sp³-hybridized carbons (Fsp3) is 0.467. The molecule has 0 aliphatic heterocycles. The van der Waals surface area contributed by atoms with Crippen LogP contribution in [-0.4, -0.2) is 12.0 Å². The van der Waals surface area contributed by atoms with Gasteiger partial charge in [0.25, 0.3) is 0 Å². The van der Waals surface area contributed by atoms with Gasteiger partial charge in [0, 0.05) is 18.4 Å². The Morgan fingerprint density at radius 1 is 1.33 bits per heavy atom. The van der Waals surface area contributed by atoms with Gasteiger partial charge in [-0.15, -0.1) is 11.6 Å². The minimum Gasteiger partial charge on any atom is -0.489 e. The van der Waals surface area contributed by atoms with E-state index in [2.05, 4.69) is 11.8 Å². The first kappa shape index (κ1) is 14.9. The van der Waals surface area contributed by atoms with Crippen molar-refractivity contribution in [3.63, 3.8) is 0 Å². The lowest BCUT2D eigenvalue weighted by Crippen LogP contribution is -2.14. The molecule has 0 aliphatic rings. The van der Waals surface area contributed by atoms with E-state index in [4.69, 9.17) is 16.3 Å². The normalized spacial score (nSPS) is 10.1. The second kappa shape index (κ2) is 8.00. The standard InChI is InChI=1S/C15H18ClFO/c1-3-14(4-2)18-15-11-13(17)9-8-12(15)7-5-6-10-16/h8-9,11,14H,3-4,6,10H2,1-2H3. The summed E-state index contributed by atoms with van der Waals surface area (Å²) in [5.74, 6) is 6.61. The smallest absolute Gasteiger partial charge is 0.138 e. The van der Waals surface area contributed by atoms with Crippen molar-refractivity contribution >= 4 is 11.6 Å². The molecule has 1 nitrogen and oxygen atoms in total. The van der Waals surface area contributed by atoms with Crippen molar-refractivity contribution in [2.24, 2.45) is 0 Å². The summed E-state index contributed by atoms with van der Waals surface area (Å²) in [6, 6.07) is 4.43. The van der Waals surface area contributed by atoms with Crippen molar-refractivity contribution in [1.82, 2.24) is 0 Å². The molecule has 1 aromatic carbocycles. The molecule has 0 fully saturated rings. The van der Waals surface area contributed by atoms with E-state index in [0.717, 1.165) is 12.8 Å². The van der Waals surface area contributed by atoms with E-state index in [1.165, 1.54) is 12.1 Å². The van der Waals surface area contributed by atoms with E-state index in [0.29, 0.717) is 23.6 Å². The molecule has 0 heterocycles. The predicted molar refractivity (Wildman–Crippen MR) is 73.6 cm³/mol. The summed E-state index contributed by atoms with van der Waals surface area (Å²) >= 11 is 5.57. The average molecular weight is 269 g/mol. The lowest BCUT2D eigenvalue weighted by atomic mass is 10.1. The highest BCUT2D eigenvalue weighted by atomic mass is 35.5. The highest BCUT2D eigenvalue weighted by molar-refractivity contribution is 6.18. The Labute approximate surface area is 113 Å². The highest BCUT2D eigenvalue weighted by Gasteiger charge is 2.09. The zero-order chi connectivity index (χ0) is 13.4. The number of hydrogen-bond acceptors (Lipinski definition) is 1. The molecule has 0 saturated carbocycles. The van der Waals surface area contributed by atoms with Crippen LogP contribution in [0.5, 0.6) is 5.75 Å². The minimum atomic E-state index is -0.307. The zero-order valence-corrected chi connectivity index (χ0v) is 11.6. The summed E-state index contributed by atoms with van der Waals surface area (Å²) in [4.78, 5) is 0. The van der Waals surface area contributed by atoms with Crippen LogP contribution in [0.2, 0.25) is 0 Å². The molecule has 0 atom stereocenters. The van der Waals surface area contributed by atoms with E-state index in [1.54, 1.807) is 6.07 Å². The number of rotatable bonds is 5. The summed E-state index contributed by atoms with van der Waals surface area (Å²) in [6.45, 7) is 4.10. The van der Waals surface area contributed by atoms with Crippen LogP contribution in [0, 0.1) is 17.7 Å². The van der Waals surface area contributed by atoms with Crippen LogP contribution in [0.4, 0.5) is 4.39 Å². The summed E-state index contributed by atoms with van der Waals surface area (Å²) < 4.78 is 19.0. The number of hydrogen-bond donors (Lipinski definition) is 0. The molecule has 0 saturated heterocycles. The van der Waals surface area contributed by atoms with Gasteiger partial charge in [-0.3, -0.25) is 0 Å². The van der Waals surface area contributed by atoms with Gasteiger partial charge >= 0.3 is 0 Å². The molecule has 0 amide bonds. The molecule has 0 spiro atoms. The SMILES string of the molecule is CCC(CC)Oc1cc(F)ccc1C#CCCCl. The molecule has 0 unspecified atom stereocenters. The molecule has 18 heavy (non-hydrogen) atoms. The molecule has 0 bridgehead atoms. The second-order valence-corrected chi connectivity index (χ2v) is 4.32. The third-order valence-corrected chi connectivity index (χ3v) is 2.78. The van der Waals surface area contributed by atoms with Crippen LogP contribution in [0.3, 0.4) is 0 Å². The maximum absolute atomic E-state index is 13.2. The van der Waals surface area contributed by atoms with Crippen LogP contribution < -0.4 is 4.74 Å². The van der Waals surface area contributed by atoms with Gasteiger partial charge in [-0.05, 0) is 25.0 Å². The fourth-order valence-electron chi connectivity index (χ4n) is 1.54. The zero-order valence-electron chi connectivity index (χ0n) is 10.8. The highest BCUT2D eigenvalue weighted by Crippen LogP contribution is 2.22. The van der Waals surface area contributed by atoms with Gasteiger partial charge in [-0.2, -0.15) is 0 Å². The average Bonchev–Trinajstić information content (AvgIpc) is 2.38. The Kier molecular flexibility index (Phi) is 6.60. The topological polar surface area (TPSA) is 9.23 Å². The lowest BCUT2D eigenvalue weighted by molar-refractivity contribution is 0.191. The van der Waals surface area contributed by atoms with E-state index in [9.17, 15) is 4.39 Å². The van der Waals surface area contributed by atoms with Crippen molar-refractivity contribution in [1.29, 1.82) is 0 Å². The van der Waals surface area contributed by atoms with Gasteiger partial charge in [0.15, 0.2) is 0 Å². The Morgan fingerprint density at radius 2 is 2.06 bits per heavy atom. The third-order valence-electron chi connectivity index (χ3n) is 2.59. The monoisotopic (exact) mass is 268 g/mol. The van der Waals surface area contributed by atoms with Gasteiger partial charge in [0.05, 0.1) is 11.7 Å². The van der Waals surface area contributed by atoms with Gasteiger partial charge in [-0.25, -0.2) is 4.39 Å². The number of ether oxygens (including phenoxy) is 1. The summed E-state index contributed by atoms with van der Waals surface area (Å²) in [7, 11) is 0. The van der Waals surface area contributed by atoms with Crippen molar-refractivity contribution in [2.75, 3.05) is 5.88 Å².